The molecule has 0 saturated carbocycles. The van der Waals surface area contributed by atoms with Crippen LogP contribution in [0.2, 0.25) is 0 Å². The van der Waals surface area contributed by atoms with Crippen LogP contribution in [0.25, 0.3) is 11.0 Å². The number of hydrogen-bond donors (Lipinski definition) is 1. The molecule has 10 nitrogen and oxygen atoms in total. The minimum absolute atomic E-state index is 0.0902. The number of nitrogens with zero attached hydrogens (tertiary/aromatic N) is 5. The number of aliphatic hydroxyl groups is 1. The van der Waals surface area contributed by atoms with Gasteiger partial charge in [-0.1, -0.05) is 69.7 Å². The molecule has 42 heavy (non-hydrogen) atoms. The maximum Gasteiger partial charge on any atom is 0.310 e. The number of aromatic nitrogens is 3. The number of fused-ring (bicyclic) bond motifs is 2. The van der Waals surface area contributed by atoms with E-state index in [0.29, 0.717) is 17.5 Å². The second-order valence-corrected chi connectivity index (χ2v) is 13.6. The number of likely N-dealkylation sites (tertiary alicyclic amines) is 1. The van der Waals surface area contributed by atoms with Crippen molar-refractivity contribution in [2.24, 2.45) is 11.8 Å². The van der Waals surface area contributed by atoms with Crippen LogP contribution in [0.5, 0.6) is 0 Å². The summed E-state index contributed by atoms with van der Waals surface area (Å²) in [6.45, 7) is 5.73. The van der Waals surface area contributed by atoms with Gasteiger partial charge in [-0.15, -0.1) is 23.4 Å². The van der Waals surface area contributed by atoms with E-state index in [1.165, 1.54) is 11.8 Å². The molecule has 7 atom stereocenters. The number of halogens is 1. The molecule has 0 aliphatic carbocycles. The number of amides is 2. The van der Waals surface area contributed by atoms with Crippen molar-refractivity contribution in [1.82, 2.24) is 24.8 Å². The lowest BCUT2D eigenvalue weighted by molar-refractivity contribution is -0.154. The molecule has 3 aliphatic heterocycles. The van der Waals surface area contributed by atoms with Crippen molar-refractivity contribution in [3.63, 3.8) is 0 Å². The molecule has 3 aromatic rings. The number of aliphatic hydroxyl groups excluding tert-OH is 1. The smallest absolute Gasteiger partial charge is 0.310 e. The first-order valence-electron chi connectivity index (χ1n) is 14.0. The average Bonchev–Trinajstić information content (AvgIpc) is 3.71. The third-order valence-electron chi connectivity index (χ3n) is 8.60. The average molecular weight is 655 g/mol. The molecule has 2 aromatic carbocycles. The molecule has 0 radical (unpaired) electrons. The molecule has 6 rings (SSSR count). The molecule has 12 heteroatoms. The lowest BCUT2D eigenvalue weighted by Crippen LogP contribution is -2.56. The fraction of sp³-hybridized carbons (Fsp3) is 0.433. The van der Waals surface area contributed by atoms with E-state index in [0.717, 1.165) is 5.52 Å². The normalized spacial score (nSPS) is 28.6. The third-order valence-corrected chi connectivity index (χ3v) is 11.8. The highest BCUT2D eigenvalue weighted by molar-refractivity contribution is 9.09. The summed E-state index contributed by atoms with van der Waals surface area (Å²) in [5.74, 6) is -2.50. The highest BCUT2D eigenvalue weighted by Gasteiger charge is 2.76. The zero-order valence-corrected chi connectivity index (χ0v) is 25.5. The van der Waals surface area contributed by atoms with Crippen molar-refractivity contribution in [1.29, 1.82) is 0 Å². The fourth-order valence-electron chi connectivity index (χ4n) is 6.95. The number of esters is 1. The quantitative estimate of drug-likeness (QED) is 0.201. The molecule has 3 saturated heterocycles. The molecule has 1 aromatic heterocycles. The third kappa shape index (κ3) is 4.46. The van der Waals surface area contributed by atoms with Gasteiger partial charge in [0.1, 0.15) is 18.2 Å². The predicted molar refractivity (Wildman–Crippen MR) is 161 cm³/mol. The lowest BCUT2D eigenvalue weighted by Gasteiger charge is -2.40. The fourth-order valence-corrected chi connectivity index (χ4v) is 10.5. The van der Waals surface area contributed by atoms with Crippen LogP contribution in [0.15, 0.2) is 67.3 Å². The summed E-state index contributed by atoms with van der Waals surface area (Å²) in [5, 5.41) is 19.0. The summed E-state index contributed by atoms with van der Waals surface area (Å²) >= 11 is 5.31. The van der Waals surface area contributed by atoms with Crippen LogP contribution < -0.4 is 0 Å². The summed E-state index contributed by atoms with van der Waals surface area (Å²) in [4.78, 5) is 45.7. The summed E-state index contributed by atoms with van der Waals surface area (Å²) in [7, 11) is 0. The largest absolute Gasteiger partial charge is 0.466 e. The number of carbonyl (C=O) groups is 3. The van der Waals surface area contributed by atoms with Crippen molar-refractivity contribution >= 4 is 56.5 Å². The van der Waals surface area contributed by atoms with E-state index in [2.05, 4.69) is 32.8 Å². The standard InChI is InChI=1S/C30H32BrN5O5S/c1-3-14-34(17-35-21-13-9-8-12-20(21)32-33-35)28(39)26-30-15-19(31)25(42-30)23(29(40)41-4-2)24(30)27(38)36(26)22(16-37)18-10-6-5-7-11-18/h3,5-13,19,22-26,37H,1,4,14-17H2,2H3/t19?,22-,23+,24+,25+,26?,30?/m1/s1. The summed E-state index contributed by atoms with van der Waals surface area (Å²) < 4.78 is 6.22. The molecule has 1 spiro atoms. The van der Waals surface area contributed by atoms with Crippen LogP contribution >= 0.6 is 27.7 Å². The topological polar surface area (TPSA) is 118 Å². The van der Waals surface area contributed by atoms with Gasteiger partial charge in [-0.05, 0) is 31.0 Å². The molecule has 3 aliphatic rings. The number of hydrogen-bond acceptors (Lipinski definition) is 8. The lowest BCUT2D eigenvalue weighted by atomic mass is 9.71. The van der Waals surface area contributed by atoms with Gasteiger partial charge in [-0.25, -0.2) is 4.68 Å². The van der Waals surface area contributed by atoms with Gasteiger partial charge in [0.2, 0.25) is 11.8 Å². The molecule has 1 N–H and O–H groups in total. The minimum Gasteiger partial charge on any atom is -0.466 e. The zero-order chi connectivity index (χ0) is 29.6. The van der Waals surface area contributed by atoms with E-state index >= 15 is 0 Å². The Kier molecular flexibility index (Phi) is 7.88. The maximum absolute atomic E-state index is 14.8. The van der Waals surface area contributed by atoms with Gasteiger partial charge in [0, 0.05) is 16.6 Å². The van der Waals surface area contributed by atoms with Crippen LogP contribution in [0.3, 0.4) is 0 Å². The van der Waals surface area contributed by atoms with E-state index < -0.39 is 34.6 Å². The van der Waals surface area contributed by atoms with Gasteiger partial charge in [0.25, 0.3) is 0 Å². The van der Waals surface area contributed by atoms with Gasteiger partial charge < -0.3 is 19.6 Å². The second-order valence-electron chi connectivity index (χ2n) is 10.8. The van der Waals surface area contributed by atoms with Crippen molar-refractivity contribution in [2.45, 2.75) is 46.9 Å². The van der Waals surface area contributed by atoms with Gasteiger partial charge in [0.05, 0.1) is 41.4 Å². The van der Waals surface area contributed by atoms with Crippen molar-refractivity contribution < 1.29 is 24.2 Å². The SMILES string of the molecule is C=CCN(Cn1nnc2ccccc21)C(=O)C1N([C@H](CO)c2ccccc2)C(=O)[C@@H]2[C@H](C(=O)OCC)[C@H]3SC12CC3Br. The van der Waals surface area contributed by atoms with Gasteiger partial charge in [-0.2, -0.15) is 0 Å². The Morgan fingerprint density at radius 1 is 1.26 bits per heavy atom. The molecular weight excluding hydrogens is 622 g/mol. The van der Waals surface area contributed by atoms with Crippen LogP contribution in [0.4, 0.5) is 0 Å². The van der Waals surface area contributed by atoms with Crippen LogP contribution in [0, 0.1) is 11.8 Å². The predicted octanol–water partition coefficient (Wildman–Crippen LogP) is 3.16. The van der Waals surface area contributed by atoms with Crippen LogP contribution in [0.1, 0.15) is 24.9 Å². The first-order valence-corrected chi connectivity index (χ1v) is 15.8. The minimum atomic E-state index is -0.948. The van der Waals surface area contributed by atoms with Crippen molar-refractivity contribution in [3.05, 3.63) is 72.8 Å². The highest BCUT2D eigenvalue weighted by Crippen LogP contribution is 2.68. The monoisotopic (exact) mass is 653 g/mol. The number of carbonyl (C=O) groups excluding carboxylic acids is 3. The molecule has 2 bridgehead atoms. The molecule has 3 unspecified atom stereocenters. The molecule has 2 amide bonds. The Morgan fingerprint density at radius 2 is 2.00 bits per heavy atom. The maximum atomic E-state index is 14.8. The Labute approximate surface area is 256 Å². The number of rotatable bonds is 10. The number of alkyl halides is 1. The second kappa shape index (κ2) is 11.5. The molecule has 3 fully saturated rings. The van der Waals surface area contributed by atoms with Crippen molar-refractivity contribution in [2.75, 3.05) is 19.8 Å². The van der Waals surface area contributed by atoms with E-state index in [9.17, 15) is 19.5 Å². The molecule has 220 valence electrons. The first kappa shape index (κ1) is 28.9. The first-order chi connectivity index (χ1) is 20.4. The van der Waals surface area contributed by atoms with Gasteiger partial charge in [-0.3, -0.25) is 14.4 Å². The number of ether oxygens (including phenoxy) is 1. The number of thioether (sulfide) groups is 1. The Hall–Kier alpha value is -3.22. The summed E-state index contributed by atoms with van der Waals surface area (Å²) in [6, 6.07) is 15.0. The van der Waals surface area contributed by atoms with Gasteiger partial charge in [0.15, 0.2) is 0 Å². The molecule has 4 heterocycles. The highest BCUT2D eigenvalue weighted by atomic mass is 79.9. The summed E-state index contributed by atoms with van der Waals surface area (Å²) in [5.41, 5.74) is 2.18. The van der Waals surface area contributed by atoms with E-state index in [1.54, 1.807) is 27.5 Å². The van der Waals surface area contributed by atoms with E-state index in [4.69, 9.17) is 4.74 Å². The number of benzene rings is 2. The number of para-hydroxylation sites is 1. The van der Waals surface area contributed by atoms with Crippen LogP contribution in [-0.4, -0.2) is 88.3 Å². The van der Waals surface area contributed by atoms with Crippen molar-refractivity contribution in [3.8, 4) is 0 Å². The van der Waals surface area contributed by atoms with Gasteiger partial charge >= 0.3 is 5.97 Å². The van der Waals surface area contributed by atoms with Crippen LogP contribution in [-0.2, 0) is 25.8 Å². The van der Waals surface area contributed by atoms with E-state index in [-0.39, 0.29) is 48.3 Å². The van der Waals surface area contributed by atoms with E-state index in [1.807, 2.05) is 54.6 Å². The Bertz CT molecular complexity index is 1520. The zero-order valence-electron chi connectivity index (χ0n) is 23.1. The Morgan fingerprint density at radius 3 is 2.71 bits per heavy atom. The summed E-state index contributed by atoms with van der Waals surface area (Å²) in [6.07, 6.45) is 2.16. The molecular formula is C30H32BrN5O5S. The Balaban J connectivity index is 1.46.